The van der Waals surface area contributed by atoms with Crippen LogP contribution in [0.25, 0.3) is 10.9 Å². The highest BCUT2D eigenvalue weighted by molar-refractivity contribution is 8.00. The monoisotopic (exact) mass is 449 g/mol. The summed E-state index contributed by atoms with van der Waals surface area (Å²) in [7, 11) is 0. The first-order valence-corrected chi connectivity index (χ1v) is 12.4. The van der Waals surface area contributed by atoms with E-state index < -0.39 is 0 Å². The topological polar surface area (TPSA) is 54.3 Å². The summed E-state index contributed by atoms with van der Waals surface area (Å²) in [4.78, 5) is 28.5. The molecule has 1 aliphatic rings. The largest absolute Gasteiger partial charge is 0.341 e. The lowest BCUT2D eigenvalue weighted by Gasteiger charge is -2.20. The number of thioether (sulfide) groups is 1. The number of amides is 2. The molecule has 2 heterocycles. The number of fused-ring (bicyclic) bond motifs is 1. The molecule has 6 heteroatoms. The van der Waals surface area contributed by atoms with Crippen LogP contribution in [-0.2, 0) is 16.1 Å². The highest BCUT2D eigenvalue weighted by Gasteiger charge is 2.18. The lowest BCUT2D eigenvalue weighted by atomic mass is 10.1. The molecule has 1 aliphatic heterocycles. The second-order valence-corrected chi connectivity index (χ2v) is 9.61. The molecule has 0 saturated carbocycles. The van der Waals surface area contributed by atoms with Crippen molar-refractivity contribution in [1.82, 2.24) is 9.47 Å². The molecule has 32 heavy (non-hydrogen) atoms. The third-order valence-electron chi connectivity index (χ3n) is 6.03. The van der Waals surface area contributed by atoms with Crippen molar-refractivity contribution in [2.75, 3.05) is 24.2 Å². The summed E-state index contributed by atoms with van der Waals surface area (Å²) in [6, 6.07) is 14.1. The first-order chi connectivity index (χ1) is 15.5. The Morgan fingerprint density at radius 3 is 2.50 bits per heavy atom. The fourth-order valence-electron chi connectivity index (χ4n) is 4.31. The lowest BCUT2D eigenvalue weighted by molar-refractivity contribution is -0.131. The van der Waals surface area contributed by atoms with Gasteiger partial charge in [0.25, 0.3) is 0 Å². The van der Waals surface area contributed by atoms with Crippen LogP contribution < -0.4 is 5.32 Å². The Morgan fingerprint density at radius 1 is 1.00 bits per heavy atom. The van der Waals surface area contributed by atoms with E-state index in [1.165, 1.54) is 30.2 Å². The van der Waals surface area contributed by atoms with Gasteiger partial charge in [0.1, 0.15) is 6.54 Å². The molecule has 2 amide bonds. The molecule has 0 unspecified atom stereocenters. The molecule has 1 N–H and O–H groups in total. The molecule has 1 saturated heterocycles. The number of nitrogens with zero attached hydrogens (tertiary/aromatic N) is 2. The molecule has 0 spiro atoms. The lowest BCUT2D eigenvalue weighted by Crippen LogP contribution is -2.34. The first-order valence-electron chi connectivity index (χ1n) is 11.4. The maximum Gasteiger partial charge on any atom is 0.242 e. The summed E-state index contributed by atoms with van der Waals surface area (Å²) in [5.41, 5.74) is 4.13. The molecule has 1 fully saturated rings. The van der Waals surface area contributed by atoms with Gasteiger partial charge in [-0.05, 0) is 44.4 Å². The number of aromatic nitrogens is 1. The summed E-state index contributed by atoms with van der Waals surface area (Å²) in [5, 5.41) is 4.10. The van der Waals surface area contributed by atoms with Crippen LogP contribution in [0.5, 0.6) is 0 Å². The van der Waals surface area contributed by atoms with Crippen molar-refractivity contribution in [3.63, 3.8) is 0 Å². The van der Waals surface area contributed by atoms with Gasteiger partial charge >= 0.3 is 0 Å². The molecule has 1 aromatic heterocycles. The summed E-state index contributed by atoms with van der Waals surface area (Å²) < 4.78 is 2.03. The van der Waals surface area contributed by atoms with E-state index in [2.05, 4.69) is 17.4 Å². The van der Waals surface area contributed by atoms with Crippen molar-refractivity contribution in [2.24, 2.45) is 0 Å². The number of likely N-dealkylation sites (tertiary alicyclic amines) is 1. The van der Waals surface area contributed by atoms with Crippen molar-refractivity contribution in [3.05, 3.63) is 59.8 Å². The van der Waals surface area contributed by atoms with Crippen molar-refractivity contribution < 1.29 is 9.59 Å². The molecule has 0 radical (unpaired) electrons. The molecule has 4 rings (SSSR count). The van der Waals surface area contributed by atoms with Gasteiger partial charge in [0, 0.05) is 40.8 Å². The second kappa shape index (κ2) is 10.3. The highest BCUT2D eigenvalue weighted by Crippen LogP contribution is 2.30. The number of anilines is 1. The summed E-state index contributed by atoms with van der Waals surface area (Å²) in [6.45, 7) is 6.11. The summed E-state index contributed by atoms with van der Waals surface area (Å²) in [6.07, 6.45) is 6.63. The minimum atomic E-state index is -0.0283. The van der Waals surface area contributed by atoms with Crippen LogP contribution in [0, 0.1) is 13.8 Å². The Labute approximate surface area is 194 Å². The van der Waals surface area contributed by atoms with Gasteiger partial charge in [-0.2, -0.15) is 0 Å². The van der Waals surface area contributed by atoms with Gasteiger partial charge in [-0.25, -0.2) is 0 Å². The van der Waals surface area contributed by atoms with Crippen molar-refractivity contribution >= 4 is 40.2 Å². The molecule has 0 atom stereocenters. The smallest absolute Gasteiger partial charge is 0.242 e. The average molecular weight is 450 g/mol. The molecule has 0 bridgehead atoms. The van der Waals surface area contributed by atoms with Crippen LogP contribution in [0.4, 0.5) is 5.69 Å². The highest BCUT2D eigenvalue weighted by atomic mass is 32.2. The van der Waals surface area contributed by atoms with Crippen molar-refractivity contribution in [3.8, 4) is 0 Å². The Balaban J connectivity index is 1.45. The Bertz CT molecular complexity index is 1110. The molecule has 0 aliphatic carbocycles. The SMILES string of the molecule is Cc1ccc(NC(=O)CSc2cn(CC(=O)N3CCCCCC3)c3ccccc23)c(C)c1. The fourth-order valence-corrected chi connectivity index (χ4v) is 5.20. The Morgan fingerprint density at radius 2 is 1.75 bits per heavy atom. The predicted octanol–water partition coefficient (Wildman–Crippen LogP) is 5.39. The van der Waals surface area contributed by atoms with E-state index in [4.69, 9.17) is 0 Å². The van der Waals surface area contributed by atoms with E-state index in [1.54, 1.807) is 0 Å². The van der Waals surface area contributed by atoms with Gasteiger partial charge in [-0.15, -0.1) is 11.8 Å². The minimum Gasteiger partial charge on any atom is -0.341 e. The van der Waals surface area contributed by atoms with E-state index in [0.29, 0.717) is 12.3 Å². The molecular weight excluding hydrogens is 418 g/mol. The average Bonchev–Trinajstić information content (AvgIpc) is 2.94. The number of rotatable bonds is 6. The molecule has 2 aromatic carbocycles. The number of benzene rings is 2. The van der Waals surface area contributed by atoms with E-state index in [9.17, 15) is 9.59 Å². The Hall–Kier alpha value is -2.73. The zero-order chi connectivity index (χ0) is 22.5. The third kappa shape index (κ3) is 5.36. The summed E-state index contributed by atoms with van der Waals surface area (Å²) >= 11 is 1.52. The van der Waals surface area contributed by atoms with E-state index in [0.717, 1.165) is 53.0 Å². The zero-order valence-corrected chi connectivity index (χ0v) is 19.7. The fraction of sp³-hybridized carbons (Fsp3) is 0.385. The van der Waals surface area contributed by atoms with Crippen LogP contribution in [-0.4, -0.2) is 40.1 Å². The standard InChI is InChI=1S/C26H31N3O2S/c1-19-11-12-22(20(2)15-19)27-25(30)18-32-24-16-29(23-10-6-5-9-21(23)24)17-26(31)28-13-7-3-4-8-14-28/h5-6,9-12,15-16H,3-4,7-8,13-14,17-18H2,1-2H3,(H,27,30). The molecule has 3 aromatic rings. The van der Waals surface area contributed by atoms with Gasteiger partial charge in [0.05, 0.1) is 5.75 Å². The maximum atomic E-state index is 12.9. The van der Waals surface area contributed by atoms with E-state index >= 15 is 0 Å². The molecule has 168 valence electrons. The number of aryl methyl sites for hydroxylation is 2. The number of hydrogen-bond acceptors (Lipinski definition) is 3. The number of para-hydroxylation sites is 1. The van der Waals surface area contributed by atoms with Gasteiger partial charge in [0.15, 0.2) is 0 Å². The van der Waals surface area contributed by atoms with Gasteiger partial charge in [-0.3, -0.25) is 9.59 Å². The zero-order valence-electron chi connectivity index (χ0n) is 18.9. The van der Waals surface area contributed by atoms with E-state index in [1.807, 2.05) is 59.8 Å². The third-order valence-corrected chi connectivity index (χ3v) is 7.07. The summed E-state index contributed by atoms with van der Waals surface area (Å²) in [5.74, 6) is 0.470. The van der Waals surface area contributed by atoms with Crippen LogP contribution in [0.2, 0.25) is 0 Å². The van der Waals surface area contributed by atoms with Gasteiger partial charge < -0.3 is 14.8 Å². The van der Waals surface area contributed by atoms with Crippen LogP contribution in [0.15, 0.2) is 53.6 Å². The number of hydrogen-bond donors (Lipinski definition) is 1. The number of carbonyl (C=O) groups is 2. The maximum absolute atomic E-state index is 12.9. The predicted molar refractivity (Wildman–Crippen MR) is 132 cm³/mol. The van der Waals surface area contributed by atoms with Gasteiger partial charge in [0.2, 0.25) is 11.8 Å². The quantitative estimate of drug-likeness (QED) is 0.513. The van der Waals surface area contributed by atoms with Crippen LogP contribution >= 0.6 is 11.8 Å². The van der Waals surface area contributed by atoms with Crippen LogP contribution in [0.3, 0.4) is 0 Å². The number of nitrogens with one attached hydrogen (secondary N) is 1. The minimum absolute atomic E-state index is 0.0283. The molecule has 5 nitrogen and oxygen atoms in total. The van der Waals surface area contributed by atoms with Crippen LogP contribution in [0.1, 0.15) is 36.8 Å². The first kappa shape index (κ1) is 22.5. The van der Waals surface area contributed by atoms with Gasteiger partial charge in [-0.1, -0.05) is 48.7 Å². The van der Waals surface area contributed by atoms with Crippen molar-refractivity contribution in [2.45, 2.75) is 51.0 Å². The second-order valence-electron chi connectivity index (χ2n) is 8.59. The molecular formula is C26H31N3O2S. The normalized spacial score (nSPS) is 14.4. The Kier molecular flexibility index (Phi) is 7.20. The number of carbonyl (C=O) groups excluding carboxylic acids is 2. The van der Waals surface area contributed by atoms with E-state index in [-0.39, 0.29) is 11.8 Å². The van der Waals surface area contributed by atoms with Crippen molar-refractivity contribution in [1.29, 1.82) is 0 Å².